The maximum absolute atomic E-state index is 5.64. The second-order valence-corrected chi connectivity index (χ2v) is 3.63. The van der Waals surface area contributed by atoms with E-state index in [1.54, 1.807) is 0 Å². The molecule has 0 aliphatic carbocycles. The molecule has 1 aliphatic rings. The highest BCUT2D eigenvalue weighted by Gasteiger charge is 2.21. The molecule has 3 nitrogen and oxygen atoms in total. The first kappa shape index (κ1) is 7.38. The third-order valence-corrected chi connectivity index (χ3v) is 1.22. The van der Waals surface area contributed by atoms with Crippen molar-refractivity contribution >= 4 is 5.96 Å². The molecule has 1 saturated heterocycles. The Labute approximate surface area is 61.9 Å². The van der Waals surface area contributed by atoms with E-state index < -0.39 is 0 Å². The van der Waals surface area contributed by atoms with Crippen molar-refractivity contribution in [2.24, 2.45) is 10.7 Å². The van der Waals surface area contributed by atoms with Gasteiger partial charge in [-0.2, -0.15) is 0 Å². The molecule has 0 unspecified atom stereocenters. The molecule has 0 radical (unpaired) electrons. The average Bonchev–Trinajstić information content (AvgIpc) is 2.35. The van der Waals surface area contributed by atoms with Crippen LogP contribution in [0.15, 0.2) is 4.99 Å². The predicted octanol–water partition coefficient (Wildman–Crippen LogP) is 0.415. The van der Waals surface area contributed by atoms with E-state index in [0.29, 0.717) is 5.96 Å². The number of aliphatic imine (C=N–C) groups is 1. The Kier molecular flexibility index (Phi) is 1.58. The number of hydrogen-bond donors (Lipinski definition) is 1. The molecule has 58 valence electrons. The minimum absolute atomic E-state index is 0.0350. The van der Waals surface area contributed by atoms with Gasteiger partial charge in [0.15, 0.2) is 5.96 Å². The van der Waals surface area contributed by atoms with Gasteiger partial charge in [0.05, 0.1) is 5.54 Å². The van der Waals surface area contributed by atoms with Gasteiger partial charge in [-0.15, -0.1) is 0 Å². The molecule has 0 bridgehead atoms. The van der Waals surface area contributed by atoms with E-state index in [0.717, 1.165) is 13.1 Å². The van der Waals surface area contributed by atoms with Gasteiger partial charge < -0.3 is 10.6 Å². The maximum atomic E-state index is 5.64. The summed E-state index contributed by atoms with van der Waals surface area (Å²) in [5.41, 5.74) is 5.61. The summed E-state index contributed by atoms with van der Waals surface area (Å²) in [5.74, 6) is 0.688. The van der Waals surface area contributed by atoms with Gasteiger partial charge in [0.25, 0.3) is 0 Å². The van der Waals surface area contributed by atoms with Crippen LogP contribution < -0.4 is 5.73 Å². The molecule has 10 heavy (non-hydrogen) atoms. The van der Waals surface area contributed by atoms with Crippen LogP contribution in [0.2, 0.25) is 0 Å². The first-order valence-corrected chi connectivity index (χ1v) is 3.59. The van der Waals surface area contributed by atoms with E-state index in [2.05, 4.69) is 4.99 Å². The van der Waals surface area contributed by atoms with Crippen molar-refractivity contribution in [3.05, 3.63) is 0 Å². The monoisotopic (exact) mass is 141 g/mol. The summed E-state index contributed by atoms with van der Waals surface area (Å²) in [7, 11) is 0. The van der Waals surface area contributed by atoms with Gasteiger partial charge in [-0.05, 0) is 20.8 Å². The zero-order valence-corrected chi connectivity index (χ0v) is 6.89. The summed E-state index contributed by atoms with van der Waals surface area (Å²) < 4.78 is 0. The molecule has 1 rings (SSSR count). The normalized spacial score (nSPS) is 19.5. The van der Waals surface area contributed by atoms with Crippen LogP contribution in [0.4, 0.5) is 0 Å². The summed E-state index contributed by atoms with van der Waals surface area (Å²) in [5, 5.41) is 0. The van der Waals surface area contributed by atoms with E-state index in [4.69, 9.17) is 5.73 Å². The molecule has 2 N–H and O–H groups in total. The number of guanidine groups is 1. The second-order valence-electron chi connectivity index (χ2n) is 3.63. The molecule has 0 aromatic carbocycles. The Hall–Kier alpha value is -0.730. The number of nitrogens with two attached hydrogens (primary N) is 1. The summed E-state index contributed by atoms with van der Waals surface area (Å²) in [4.78, 5) is 6.34. The molecule has 0 saturated carbocycles. The lowest BCUT2D eigenvalue weighted by Gasteiger charge is -2.13. The SMILES string of the molecule is CC(C)(C)N=C(N)N1CC1. The summed E-state index contributed by atoms with van der Waals surface area (Å²) >= 11 is 0. The number of rotatable bonds is 0. The van der Waals surface area contributed by atoms with E-state index in [9.17, 15) is 0 Å². The highest BCUT2D eigenvalue weighted by Crippen LogP contribution is 2.09. The first-order valence-electron chi connectivity index (χ1n) is 3.59. The zero-order chi connectivity index (χ0) is 7.78. The second kappa shape index (κ2) is 2.15. The quantitative estimate of drug-likeness (QED) is 0.302. The fourth-order valence-electron chi connectivity index (χ4n) is 0.693. The molecule has 3 heteroatoms. The van der Waals surface area contributed by atoms with Gasteiger partial charge in [-0.25, -0.2) is 4.99 Å². The largest absolute Gasteiger partial charge is 0.370 e. The highest BCUT2D eigenvalue weighted by atomic mass is 15.4. The smallest absolute Gasteiger partial charge is 0.191 e. The Morgan fingerprint density at radius 3 is 2.20 bits per heavy atom. The molecule has 1 fully saturated rings. The van der Waals surface area contributed by atoms with Gasteiger partial charge in [-0.3, -0.25) is 0 Å². The van der Waals surface area contributed by atoms with E-state index in [1.807, 2.05) is 25.7 Å². The van der Waals surface area contributed by atoms with Gasteiger partial charge in [-0.1, -0.05) is 0 Å². The Morgan fingerprint density at radius 1 is 1.40 bits per heavy atom. The molecule has 0 atom stereocenters. The lowest BCUT2D eigenvalue weighted by Crippen LogP contribution is -2.26. The molecule has 0 aromatic heterocycles. The van der Waals surface area contributed by atoms with Crippen molar-refractivity contribution in [2.75, 3.05) is 13.1 Å². The summed E-state index contributed by atoms with van der Waals surface area (Å²) in [6.45, 7) is 8.28. The van der Waals surface area contributed by atoms with Crippen molar-refractivity contribution in [1.29, 1.82) is 0 Å². The van der Waals surface area contributed by atoms with Gasteiger partial charge in [0, 0.05) is 13.1 Å². The zero-order valence-electron chi connectivity index (χ0n) is 6.89. The average molecular weight is 141 g/mol. The van der Waals surface area contributed by atoms with E-state index in [1.165, 1.54) is 0 Å². The maximum Gasteiger partial charge on any atom is 0.191 e. The van der Waals surface area contributed by atoms with Crippen molar-refractivity contribution in [2.45, 2.75) is 26.3 Å². The van der Waals surface area contributed by atoms with E-state index in [-0.39, 0.29) is 5.54 Å². The Morgan fingerprint density at radius 2 is 1.90 bits per heavy atom. The Bertz CT molecular complexity index is 151. The third-order valence-electron chi connectivity index (χ3n) is 1.22. The van der Waals surface area contributed by atoms with Crippen LogP contribution in [0.3, 0.4) is 0 Å². The fraction of sp³-hybridized carbons (Fsp3) is 0.857. The number of hydrogen-bond acceptors (Lipinski definition) is 1. The van der Waals surface area contributed by atoms with Crippen LogP contribution in [0, 0.1) is 0 Å². The van der Waals surface area contributed by atoms with Crippen molar-refractivity contribution in [3.8, 4) is 0 Å². The van der Waals surface area contributed by atoms with E-state index >= 15 is 0 Å². The number of nitrogens with zero attached hydrogens (tertiary/aromatic N) is 2. The molecule has 0 aromatic rings. The molecular formula is C7H15N3. The standard InChI is InChI=1S/C7H15N3/c1-7(2,3)9-6(8)10-4-5-10/h4-5H2,1-3H3,(H2,8,9). The lowest BCUT2D eigenvalue weighted by atomic mass is 10.1. The molecule has 0 amide bonds. The molecule has 0 spiro atoms. The van der Waals surface area contributed by atoms with Gasteiger partial charge in [0.1, 0.15) is 0 Å². The topological polar surface area (TPSA) is 41.4 Å². The van der Waals surface area contributed by atoms with Crippen LogP contribution in [0.1, 0.15) is 20.8 Å². The Balaban J connectivity index is 2.51. The van der Waals surface area contributed by atoms with Crippen LogP contribution >= 0.6 is 0 Å². The highest BCUT2D eigenvalue weighted by molar-refractivity contribution is 5.80. The van der Waals surface area contributed by atoms with Crippen LogP contribution in [0.5, 0.6) is 0 Å². The van der Waals surface area contributed by atoms with Gasteiger partial charge in [0.2, 0.25) is 0 Å². The van der Waals surface area contributed by atoms with Crippen LogP contribution in [-0.2, 0) is 0 Å². The van der Waals surface area contributed by atoms with Gasteiger partial charge >= 0.3 is 0 Å². The minimum Gasteiger partial charge on any atom is -0.370 e. The lowest BCUT2D eigenvalue weighted by molar-refractivity contribution is 0.571. The molecule has 1 heterocycles. The van der Waals surface area contributed by atoms with Crippen molar-refractivity contribution in [1.82, 2.24) is 4.90 Å². The third kappa shape index (κ3) is 2.25. The summed E-state index contributed by atoms with van der Waals surface area (Å²) in [6, 6.07) is 0. The molecule has 1 aliphatic heterocycles. The summed E-state index contributed by atoms with van der Waals surface area (Å²) in [6.07, 6.45) is 0. The minimum atomic E-state index is -0.0350. The fourth-order valence-corrected chi connectivity index (χ4v) is 0.693. The van der Waals surface area contributed by atoms with Crippen LogP contribution in [-0.4, -0.2) is 29.5 Å². The first-order chi connectivity index (χ1) is 4.49. The molecular weight excluding hydrogens is 126 g/mol. The van der Waals surface area contributed by atoms with Crippen LogP contribution in [0.25, 0.3) is 0 Å². The predicted molar refractivity (Wildman–Crippen MR) is 42.9 cm³/mol. The van der Waals surface area contributed by atoms with Crippen molar-refractivity contribution < 1.29 is 0 Å². The van der Waals surface area contributed by atoms with Crippen molar-refractivity contribution in [3.63, 3.8) is 0 Å².